The van der Waals surface area contributed by atoms with Crippen LogP contribution in [0.2, 0.25) is 5.02 Å². The summed E-state index contributed by atoms with van der Waals surface area (Å²) < 4.78 is 5.50. The van der Waals surface area contributed by atoms with Gasteiger partial charge < -0.3 is 14.9 Å². The summed E-state index contributed by atoms with van der Waals surface area (Å²) in [4.78, 5) is 0. The highest BCUT2D eigenvalue weighted by molar-refractivity contribution is 7.80. The SMILES string of the molecule is CC(C)C.CC(C)C.OC(=S)c1ccccc1.Oc1ccc(C(=S)OCc2ccc(Cl)cc2)cc1. The Morgan fingerprint density at radius 3 is 1.60 bits per heavy atom. The maximum Gasteiger partial charge on any atom is 0.191 e. The van der Waals surface area contributed by atoms with Crippen LogP contribution in [-0.4, -0.2) is 20.3 Å². The van der Waals surface area contributed by atoms with Gasteiger partial charge >= 0.3 is 0 Å². The highest BCUT2D eigenvalue weighted by Gasteiger charge is 2.03. The summed E-state index contributed by atoms with van der Waals surface area (Å²) >= 11 is 15.5. The lowest BCUT2D eigenvalue weighted by molar-refractivity contribution is 0.302. The first-order valence-electron chi connectivity index (χ1n) is 11.4. The summed E-state index contributed by atoms with van der Waals surface area (Å²) in [5.41, 5.74) is 2.48. The second-order valence-corrected chi connectivity index (χ2v) is 10.1. The molecule has 190 valence electrons. The average Bonchev–Trinajstić information content (AvgIpc) is 2.79. The van der Waals surface area contributed by atoms with Crippen molar-refractivity contribution in [3.63, 3.8) is 0 Å². The number of aromatic hydroxyl groups is 1. The highest BCUT2D eigenvalue weighted by Crippen LogP contribution is 2.14. The quantitative estimate of drug-likeness (QED) is 0.328. The summed E-state index contributed by atoms with van der Waals surface area (Å²) in [6, 6.07) is 23.1. The third kappa shape index (κ3) is 18.5. The number of aliphatic hydroxyl groups excluding tert-OH is 1. The first-order valence-corrected chi connectivity index (χ1v) is 12.6. The van der Waals surface area contributed by atoms with Crippen molar-refractivity contribution in [2.45, 2.75) is 48.1 Å². The molecule has 0 amide bonds. The van der Waals surface area contributed by atoms with E-state index in [1.54, 1.807) is 36.4 Å². The van der Waals surface area contributed by atoms with Gasteiger partial charge in [0.25, 0.3) is 0 Å². The Balaban J connectivity index is 0.000000563. The van der Waals surface area contributed by atoms with Gasteiger partial charge in [-0.25, -0.2) is 0 Å². The number of thiocarbonyl (C=S) groups is 2. The molecule has 0 atom stereocenters. The van der Waals surface area contributed by atoms with Gasteiger partial charge in [0.05, 0.1) is 0 Å². The van der Waals surface area contributed by atoms with Gasteiger partial charge in [0.15, 0.2) is 10.1 Å². The van der Waals surface area contributed by atoms with Crippen LogP contribution in [0, 0.1) is 11.8 Å². The second kappa shape index (κ2) is 18.8. The molecule has 0 aromatic heterocycles. The van der Waals surface area contributed by atoms with E-state index < -0.39 is 0 Å². The molecule has 0 fully saturated rings. The topological polar surface area (TPSA) is 49.7 Å². The van der Waals surface area contributed by atoms with E-state index in [9.17, 15) is 5.11 Å². The predicted molar refractivity (Wildman–Crippen MR) is 158 cm³/mol. The number of phenolic OH excluding ortho intramolecular Hbond substituents is 1. The number of benzene rings is 3. The van der Waals surface area contributed by atoms with Crippen LogP contribution in [0.15, 0.2) is 78.9 Å². The van der Waals surface area contributed by atoms with E-state index in [2.05, 4.69) is 53.8 Å². The molecule has 3 aromatic carbocycles. The number of ether oxygens (including phenoxy) is 1. The fourth-order valence-corrected chi connectivity index (χ4v) is 2.45. The molecule has 35 heavy (non-hydrogen) atoms. The molecule has 6 heteroatoms. The lowest BCUT2D eigenvalue weighted by Gasteiger charge is -2.07. The normalized spacial score (nSPS) is 9.51. The fourth-order valence-electron chi connectivity index (χ4n) is 1.99. The first kappa shape index (κ1) is 32.5. The molecule has 2 N–H and O–H groups in total. The molecule has 0 spiro atoms. The van der Waals surface area contributed by atoms with Crippen LogP contribution >= 0.6 is 36.0 Å². The Morgan fingerprint density at radius 1 is 0.743 bits per heavy atom. The summed E-state index contributed by atoms with van der Waals surface area (Å²) in [7, 11) is 0. The minimum absolute atomic E-state index is 0.0457. The van der Waals surface area contributed by atoms with Gasteiger partial charge in [-0.15, -0.1) is 0 Å². The molecule has 0 saturated carbocycles. The monoisotopic (exact) mass is 532 g/mol. The van der Waals surface area contributed by atoms with Gasteiger partial charge in [0, 0.05) is 16.1 Å². The molecule has 0 heterocycles. The van der Waals surface area contributed by atoms with Crippen LogP contribution < -0.4 is 0 Å². The molecule has 0 aliphatic rings. The van der Waals surface area contributed by atoms with E-state index in [0.717, 1.165) is 23.0 Å². The number of hydrogen-bond donors (Lipinski definition) is 2. The van der Waals surface area contributed by atoms with Crippen LogP contribution in [0.5, 0.6) is 5.75 Å². The van der Waals surface area contributed by atoms with Crippen LogP contribution in [0.4, 0.5) is 0 Å². The predicted octanol–water partition coefficient (Wildman–Crippen LogP) is 9.18. The van der Waals surface area contributed by atoms with Gasteiger partial charge in [-0.1, -0.05) is 95.6 Å². The van der Waals surface area contributed by atoms with E-state index in [-0.39, 0.29) is 10.8 Å². The van der Waals surface area contributed by atoms with Crippen molar-refractivity contribution in [1.29, 1.82) is 0 Å². The Bertz CT molecular complexity index is 960. The number of rotatable bonds is 4. The molecule has 0 unspecified atom stereocenters. The molecule has 3 nitrogen and oxygen atoms in total. The molecular weight excluding hydrogens is 496 g/mol. The standard InChI is InChI=1S/C14H11ClO2S.C7H6OS.2C4H10/c15-12-5-1-10(2-6-12)9-17-14(18)11-3-7-13(16)8-4-11;8-7(9)6-4-2-1-3-5-6;2*1-4(2)3/h1-8,16H,9H2;1-5H,(H,8,9);2*4H,1-3H3. The number of hydrogen-bond acceptors (Lipinski definition) is 4. The van der Waals surface area contributed by atoms with Crippen LogP contribution in [0.25, 0.3) is 0 Å². The average molecular weight is 533 g/mol. The van der Waals surface area contributed by atoms with E-state index in [1.165, 1.54) is 0 Å². The molecule has 0 radical (unpaired) electrons. The Labute approximate surface area is 226 Å². The van der Waals surface area contributed by atoms with Crippen molar-refractivity contribution < 1.29 is 14.9 Å². The van der Waals surface area contributed by atoms with Crippen LogP contribution in [0.3, 0.4) is 0 Å². The lowest BCUT2D eigenvalue weighted by Crippen LogP contribution is -2.03. The smallest absolute Gasteiger partial charge is 0.191 e. The molecule has 0 aliphatic heterocycles. The van der Waals surface area contributed by atoms with E-state index >= 15 is 0 Å². The third-order valence-electron chi connectivity index (χ3n) is 3.41. The van der Waals surface area contributed by atoms with Crippen molar-refractivity contribution in [3.05, 3.63) is 101 Å². The second-order valence-electron chi connectivity index (χ2n) is 8.88. The summed E-state index contributed by atoms with van der Waals surface area (Å²) in [5, 5.41) is 19.0. The molecular formula is C29H37ClO3S2. The van der Waals surface area contributed by atoms with Crippen molar-refractivity contribution in [3.8, 4) is 5.75 Å². The van der Waals surface area contributed by atoms with Crippen LogP contribution in [-0.2, 0) is 11.3 Å². The fraction of sp³-hybridized carbons (Fsp3) is 0.310. The lowest BCUT2D eigenvalue weighted by atomic mass is 10.2. The maximum absolute atomic E-state index is 9.18. The Kier molecular flexibility index (Phi) is 17.5. The van der Waals surface area contributed by atoms with Gasteiger partial charge in [-0.2, -0.15) is 0 Å². The minimum atomic E-state index is -0.0457. The molecule has 0 saturated heterocycles. The van der Waals surface area contributed by atoms with Crippen molar-refractivity contribution in [1.82, 2.24) is 0 Å². The zero-order valence-electron chi connectivity index (χ0n) is 21.4. The van der Waals surface area contributed by atoms with E-state index in [0.29, 0.717) is 22.2 Å². The molecule has 0 bridgehead atoms. The van der Waals surface area contributed by atoms with Crippen LogP contribution in [0.1, 0.15) is 58.2 Å². The molecule has 3 rings (SSSR count). The Hall–Kier alpha value is -2.47. The maximum atomic E-state index is 9.18. The minimum Gasteiger partial charge on any atom is -0.508 e. The van der Waals surface area contributed by atoms with Gasteiger partial charge in [0.2, 0.25) is 0 Å². The number of aliphatic hydroxyl groups is 1. The summed E-state index contributed by atoms with van der Waals surface area (Å²) in [6.45, 7) is 13.4. The van der Waals surface area contributed by atoms with Gasteiger partial charge in [-0.3, -0.25) is 0 Å². The number of halogens is 1. The van der Waals surface area contributed by atoms with E-state index in [4.69, 9.17) is 33.7 Å². The largest absolute Gasteiger partial charge is 0.508 e. The zero-order valence-corrected chi connectivity index (χ0v) is 23.8. The van der Waals surface area contributed by atoms with Crippen molar-refractivity contribution in [2.75, 3.05) is 0 Å². The van der Waals surface area contributed by atoms with Gasteiger partial charge in [0.1, 0.15) is 12.4 Å². The Morgan fingerprint density at radius 2 is 1.20 bits per heavy atom. The van der Waals surface area contributed by atoms with Gasteiger partial charge in [-0.05, 0) is 78.2 Å². The number of phenols is 1. The summed E-state index contributed by atoms with van der Waals surface area (Å²) in [5.74, 6) is 1.87. The molecule has 0 aliphatic carbocycles. The first-order chi connectivity index (χ1) is 16.4. The highest BCUT2D eigenvalue weighted by atomic mass is 35.5. The summed E-state index contributed by atoms with van der Waals surface area (Å²) in [6.07, 6.45) is 0. The third-order valence-corrected chi connectivity index (χ3v) is 4.25. The molecule has 3 aromatic rings. The van der Waals surface area contributed by atoms with E-state index in [1.807, 2.05) is 42.5 Å². The zero-order chi connectivity index (χ0) is 26.8. The van der Waals surface area contributed by atoms with Crippen molar-refractivity contribution >= 4 is 46.1 Å². The van der Waals surface area contributed by atoms with Crippen molar-refractivity contribution in [2.24, 2.45) is 11.8 Å².